The topological polar surface area (TPSA) is 103 Å². The maximum atomic E-state index is 13.0. The second kappa shape index (κ2) is 8.15. The van der Waals surface area contributed by atoms with Gasteiger partial charge in [-0.2, -0.15) is 13.2 Å². The van der Waals surface area contributed by atoms with Crippen LogP contribution in [0.4, 0.5) is 19.0 Å². The van der Waals surface area contributed by atoms with Crippen molar-refractivity contribution in [3.8, 4) is 11.4 Å². The minimum Gasteiger partial charge on any atom is -0.495 e. The van der Waals surface area contributed by atoms with Crippen molar-refractivity contribution in [2.45, 2.75) is 23.4 Å². The van der Waals surface area contributed by atoms with Gasteiger partial charge in [0.2, 0.25) is 0 Å². The Balaban J connectivity index is 1.56. The Labute approximate surface area is 197 Å². The Bertz CT molecular complexity index is 1580. The van der Waals surface area contributed by atoms with Gasteiger partial charge in [-0.05, 0) is 54.3 Å². The van der Waals surface area contributed by atoms with Crippen molar-refractivity contribution in [1.82, 2.24) is 9.72 Å². The molecule has 0 bridgehead atoms. The quantitative estimate of drug-likeness (QED) is 0.415. The molecular weight excluding hydrogens is 487 g/mol. The number of hydrogen-bond acceptors (Lipinski definition) is 6. The molecule has 1 aliphatic rings. The van der Waals surface area contributed by atoms with Crippen LogP contribution in [-0.4, -0.2) is 31.4 Å². The third-order valence-corrected chi connectivity index (χ3v) is 7.29. The fourth-order valence-electron chi connectivity index (χ4n) is 4.14. The van der Waals surface area contributed by atoms with Gasteiger partial charge < -0.3 is 9.26 Å². The van der Waals surface area contributed by atoms with Crippen LogP contribution in [0, 0.1) is 5.92 Å². The molecule has 1 N–H and O–H groups in total. The molecule has 2 aromatic carbocycles. The lowest BCUT2D eigenvalue weighted by Gasteiger charge is -2.16. The van der Waals surface area contributed by atoms with Crippen molar-refractivity contribution in [1.29, 1.82) is 0 Å². The molecule has 1 saturated carbocycles. The summed E-state index contributed by atoms with van der Waals surface area (Å²) in [7, 11) is -2.61. The fourth-order valence-corrected chi connectivity index (χ4v) is 5.16. The number of pyridine rings is 1. The zero-order valence-corrected chi connectivity index (χ0v) is 18.9. The van der Waals surface area contributed by atoms with E-state index in [-0.39, 0.29) is 22.9 Å². The molecule has 0 saturated heterocycles. The van der Waals surface area contributed by atoms with E-state index in [9.17, 15) is 26.4 Å². The largest absolute Gasteiger partial charge is 0.495 e. The molecule has 4 aromatic rings. The summed E-state index contributed by atoms with van der Waals surface area (Å²) in [6, 6.07) is 12.9. The van der Waals surface area contributed by atoms with Crippen molar-refractivity contribution >= 4 is 26.7 Å². The van der Waals surface area contributed by atoms with Gasteiger partial charge in [0.1, 0.15) is 12.0 Å². The Kier molecular flexibility index (Phi) is 5.35. The van der Waals surface area contributed by atoms with Crippen molar-refractivity contribution in [2.75, 3.05) is 11.8 Å². The van der Waals surface area contributed by atoms with Crippen molar-refractivity contribution in [2.24, 2.45) is 5.92 Å². The van der Waals surface area contributed by atoms with Gasteiger partial charge in [0.25, 0.3) is 15.6 Å². The first-order chi connectivity index (χ1) is 16.6. The SMILES string of the molecule is COc1cc([C@H]2C[C@@H]2C(F)(F)F)ccc1-n1c(=O)ccc2cc(S(=O)(=O)Nc3ccon3)ccc21. The van der Waals surface area contributed by atoms with Gasteiger partial charge in [-0.25, -0.2) is 8.42 Å². The number of nitrogens with zero attached hydrogens (tertiary/aromatic N) is 2. The van der Waals surface area contributed by atoms with E-state index in [0.29, 0.717) is 22.2 Å². The predicted octanol–water partition coefficient (Wildman–Crippen LogP) is 4.45. The molecule has 1 fully saturated rings. The minimum atomic E-state index is -4.26. The molecule has 8 nitrogen and oxygen atoms in total. The van der Waals surface area contributed by atoms with Crippen LogP contribution in [0.5, 0.6) is 5.75 Å². The van der Waals surface area contributed by atoms with Crippen LogP contribution in [0.2, 0.25) is 0 Å². The lowest BCUT2D eigenvalue weighted by molar-refractivity contribution is -0.148. The van der Waals surface area contributed by atoms with Crippen molar-refractivity contribution in [3.63, 3.8) is 0 Å². The number of rotatable bonds is 6. The number of benzene rings is 2. The lowest BCUT2D eigenvalue weighted by atomic mass is 10.1. The number of fused-ring (bicyclic) bond motifs is 1. The summed E-state index contributed by atoms with van der Waals surface area (Å²) in [5, 5.41) is 3.97. The molecule has 0 amide bonds. The molecule has 0 aliphatic heterocycles. The number of nitrogens with one attached hydrogen (secondary N) is 1. The second-order valence-corrected chi connectivity index (χ2v) is 9.82. The van der Waals surface area contributed by atoms with E-state index in [0.717, 1.165) is 0 Å². The molecular formula is C23H18F3N3O5S. The van der Waals surface area contributed by atoms with E-state index in [2.05, 4.69) is 14.4 Å². The standard InChI is InChI=1S/C23H18F3N3O5S/c1-33-20-11-13(16-12-17(16)23(24,25)26)2-5-19(20)29-18-6-4-15(10-14(18)3-7-22(29)30)35(31,32)28-21-8-9-34-27-21/h2-11,16-17H,12H2,1H3,(H,27,28)/t16-,17+/m1/s1. The lowest BCUT2D eigenvalue weighted by Crippen LogP contribution is -2.19. The number of anilines is 1. The van der Waals surface area contributed by atoms with E-state index < -0.39 is 33.6 Å². The minimum absolute atomic E-state index is 0.0137. The number of aromatic nitrogens is 2. The summed E-state index contributed by atoms with van der Waals surface area (Å²) in [6.45, 7) is 0. The normalized spacial score (nSPS) is 17.9. The van der Waals surface area contributed by atoms with Crippen LogP contribution in [-0.2, 0) is 10.0 Å². The highest BCUT2D eigenvalue weighted by molar-refractivity contribution is 7.92. The molecule has 2 atom stereocenters. The van der Waals surface area contributed by atoms with E-state index in [1.807, 2.05) is 0 Å². The van der Waals surface area contributed by atoms with Gasteiger partial charge in [-0.3, -0.25) is 14.1 Å². The van der Waals surface area contributed by atoms with E-state index in [1.165, 1.54) is 66.5 Å². The molecule has 0 radical (unpaired) electrons. The van der Waals surface area contributed by atoms with Crippen molar-refractivity contribution in [3.05, 3.63) is 76.8 Å². The third kappa shape index (κ3) is 4.25. The Morgan fingerprint density at radius 3 is 2.57 bits per heavy atom. The molecule has 35 heavy (non-hydrogen) atoms. The van der Waals surface area contributed by atoms with Gasteiger partial charge in [0.15, 0.2) is 5.82 Å². The van der Waals surface area contributed by atoms with Gasteiger partial charge in [0, 0.05) is 17.5 Å². The average molecular weight is 505 g/mol. The van der Waals surface area contributed by atoms with Crippen LogP contribution >= 0.6 is 0 Å². The fraction of sp³-hybridized carbons (Fsp3) is 0.217. The van der Waals surface area contributed by atoms with Gasteiger partial charge in [-0.15, -0.1) is 0 Å². The molecule has 0 unspecified atom stereocenters. The van der Waals surface area contributed by atoms with E-state index >= 15 is 0 Å². The summed E-state index contributed by atoms with van der Waals surface area (Å²) >= 11 is 0. The van der Waals surface area contributed by atoms with Crippen LogP contribution in [0.15, 0.2) is 75.1 Å². The van der Waals surface area contributed by atoms with E-state index in [4.69, 9.17) is 4.74 Å². The molecule has 2 aromatic heterocycles. The number of ether oxygens (including phenoxy) is 1. The highest BCUT2D eigenvalue weighted by Gasteiger charge is 2.56. The maximum absolute atomic E-state index is 13.0. The predicted molar refractivity (Wildman–Crippen MR) is 120 cm³/mol. The molecule has 182 valence electrons. The van der Waals surface area contributed by atoms with Crippen LogP contribution in [0.25, 0.3) is 16.6 Å². The van der Waals surface area contributed by atoms with E-state index in [1.54, 1.807) is 6.07 Å². The average Bonchev–Trinajstić information content (AvgIpc) is 3.49. The maximum Gasteiger partial charge on any atom is 0.392 e. The van der Waals surface area contributed by atoms with Gasteiger partial charge in [0.05, 0.1) is 29.1 Å². The third-order valence-electron chi connectivity index (χ3n) is 5.94. The number of halogens is 3. The summed E-state index contributed by atoms with van der Waals surface area (Å²) < 4.78 is 78.1. The highest BCUT2D eigenvalue weighted by Crippen LogP contribution is 2.56. The monoisotopic (exact) mass is 505 g/mol. The zero-order chi connectivity index (χ0) is 25.0. The molecule has 12 heteroatoms. The smallest absolute Gasteiger partial charge is 0.392 e. The molecule has 1 aliphatic carbocycles. The summed E-state index contributed by atoms with van der Waals surface area (Å²) in [4.78, 5) is 12.8. The van der Waals surface area contributed by atoms with Crippen LogP contribution in [0.3, 0.4) is 0 Å². The Morgan fingerprint density at radius 2 is 1.91 bits per heavy atom. The van der Waals surface area contributed by atoms with Gasteiger partial charge in [-0.1, -0.05) is 11.2 Å². The number of hydrogen-bond donors (Lipinski definition) is 1. The van der Waals surface area contributed by atoms with Gasteiger partial charge >= 0.3 is 6.18 Å². The number of alkyl halides is 3. The molecule has 5 rings (SSSR count). The van der Waals surface area contributed by atoms with Crippen molar-refractivity contribution < 1.29 is 30.8 Å². The molecule has 2 heterocycles. The first kappa shape index (κ1) is 23.0. The van der Waals surface area contributed by atoms with Crippen LogP contribution < -0.4 is 15.0 Å². The molecule has 0 spiro atoms. The number of sulfonamides is 1. The Morgan fingerprint density at radius 1 is 1.11 bits per heavy atom. The highest BCUT2D eigenvalue weighted by atomic mass is 32.2. The Hall–Kier alpha value is -3.80. The second-order valence-electron chi connectivity index (χ2n) is 8.14. The zero-order valence-electron chi connectivity index (χ0n) is 18.1. The summed E-state index contributed by atoms with van der Waals surface area (Å²) in [5.74, 6) is -1.78. The first-order valence-electron chi connectivity index (χ1n) is 10.4. The summed E-state index contributed by atoms with van der Waals surface area (Å²) in [6.07, 6.45) is -3.02. The van der Waals surface area contributed by atoms with Crippen LogP contribution in [0.1, 0.15) is 17.9 Å². The summed E-state index contributed by atoms with van der Waals surface area (Å²) in [5.41, 5.74) is 0.781. The first-order valence-corrected chi connectivity index (χ1v) is 11.9. The number of methoxy groups -OCH3 is 1.